The van der Waals surface area contributed by atoms with E-state index in [2.05, 4.69) is 41.4 Å². The van der Waals surface area contributed by atoms with Gasteiger partial charge in [-0.15, -0.1) is 11.8 Å². The molecule has 1 unspecified atom stereocenters. The summed E-state index contributed by atoms with van der Waals surface area (Å²) in [5.74, 6) is -1.05. The van der Waals surface area contributed by atoms with Crippen LogP contribution >= 0.6 is 11.8 Å². The van der Waals surface area contributed by atoms with E-state index in [1.165, 1.54) is 46.5 Å². The molecule has 0 aliphatic heterocycles. The van der Waals surface area contributed by atoms with Gasteiger partial charge in [0.15, 0.2) is 0 Å². The van der Waals surface area contributed by atoms with E-state index < -0.39 is 17.2 Å². The maximum absolute atomic E-state index is 11.2. The Morgan fingerprint density at radius 1 is 0.969 bits per heavy atom. The average Bonchev–Trinajstić information content (AvgIpc) is 3.61. The Morgan fingerprint density at radius 3 is 2.22 bits per heavy atom. The number of nitrogens with zero attached hydrogens (tertiary/aromatic N) is 1. The number of aromatic nitrogens is 1. The van der Waals surface area contributed by atoms with Crippen molar-refractivity contribution in [1.29, 1.82) is 0 Å². The second-order valence-corrected chi connectivity index (χ2v) is 9.77. The third kappa shape index (κ3) is 6.10. The molecule has 32 heavy (non-hydrogen) atoms. The number of carboxylic acids is 2. The molecule has 3 aromatic rings. The Balaban J connectivity index is 0.000000427. The van der Waals surface area contributed by atoms with Crippen LogP contribution in [0.1, 0.15) is 56.2 Å². The fourth-order valence-corrected chi connectivity index (χ4v) is 4.29. The first-order valence-electron chi connectivity index (χ1n) is 10.8. The standard InChI is InChI=1S/C22H21NO2S.C4H8O2/c1-14(22(24)25)26-21-10-11-23-13-17(21)12-16-8-9-19(15-6-7-15)20-5-3-2-4-18(16)20;1-3(2)4(5)6/h2-5,8-11,13-15H,6-7,12H2,1H3,(H,24,25);3H,1-2H3,(H,5,6). The molecular formula is C26H29NO4S. The highest BCUT2D eigenvalue weighted by Gasteiger charge is 2.25. The van der Waals surface area contributed by atoms with Gasteiger partial charge in [0.25, 0.3) is 0 Å². The van der Waals surface area contributed by atoms with E-state index in [1.807, 2.05) is 12.3 Å². The highest BCUT2D eigenvalue weighted by molar-refractivity contribution is 8.00. The monoisotopic (exact) mass is 451 g/mol. The van der Waals surface area contributed by atoms with Gasteiger partial charge in [0.1, 0.15) is 5.25 Å². The molecule has 1 aliphatic carbocycles. The van der Waals surface area contributed by atoms with Crippen LogP contribution in [0.15, 0.2) is 59.8 Å². The number of fused-ring (bicyclic) bond motifs is 1. The summed E-state index contributed by atoms with van der Waals surface area (Å²) in [6.45, 7) is 5.00. The SMILES string of the molecule is CC(C)C(=O)O.CC(Sc1ccncc1Cc1ccc(C2CC2)c2ccccc12)C(=O)O. The van der Waals surface area contributed by atoms with Gasteiger partial charge >= 0.3 is 11.9 Å². The van der Waals surface area contributed by atoms with Crippen molar-refractivity contribution >= 4 is 34.5 Å². The molecule has 1 atom stereocenters. The second-order valence-electron chi connectivity index (χ2n) is 8.39. The number of hydrogen-bond donors (Lipinski definition) is 2. The smallest absolute Gasteiger partial charge is 0.316 e. The lowest BCUT2D eigenvalue weighted by Gasteiger charge is -2.14. The van der Waals surface area contributed by atoms with Crippen molar-refractivity contribution in [1.82, 2.24) is 4.98 Å². The van der Waals surface area contributed by atoms with Gasteiger partial charge < -0.3 is 10.2 Å². The first-order valence-corrected chi connectivity index (χ1v) is 11.7. The molecule has 1 aromatic heterocycles. The summed E-state index contributed by atoms with van der Waals surface area (Å²) >= 11 is 1.38. The highest BCUT2D eigenvalue weighted by atomic mass is 32.2. The van der Waals surface area contributed by atoms with E-state index in [-0.39, 0.29) is 5.92 Å². The van der Waals surface area contributed by atoms with E-state index in [0.717, 1.165) is 22.8 Å². The van der Waals surface area contributed by atoms with Crippen molar-refractivity contribution < 1.29 is 19.8 Å². The van der Waals surface area contributed by atoms with Crippen molar-refractivity contribution in [3.63, 3.8) is 0 Å². The van der Waals surface area contributed by atoms with Gasteiger partial charge in [-0.05, 0) is 59.2 Å². The molecule has 1 fully saturated rings. The van der Waals surface area contributed by atoms with E-state index in [9.17, 15) is 14.7 Å². The summed E-state index contributed by atoms with van der Waals surface area (Å²) in [7, 11) is 0. The largest absolute Gasteiger partial charge is 0.481 e. The number of aliphatic carboxylic acids is 2. The third-order valence-electron chi connectivity index (χ3n) is 5.45. The Morgan fingerprint density at radius 2 is 1.62 bits per heavy atom. The highest BCUT2D eigenvalue weighted by Crippen LogP contribution is 2.44. The van der Waals surface area contributed by atoms with Gasteiger partial charge in [-0.25, -0.2) is 0 Å². The van der Waals surface area contributed by atoms with Crippen molar-refractivity contribution in [3.05, 3.63) is 71.5 Å². The molecule has 2 N–H and O–H groups in total. The van der Waals surface area contributed by atoms with Crippen molar-refractivity contribution in [2.24, 2.45) is 5.92 Å². The van der Waals surface area contributed by atoms with Crippen LogP contribution in [0.4, 0.5) is 0 Å². The van der Waals surface area contributed by atoms with Crippen molar-refractivity contribution in [2.75, 3.05) is 0 Å². The minimum atomic E-state index is -0.794. The minimum absolute atomic E-state index is 0.231. The third-order valence-corrected chi connectivity index (χ3v) is 6.66. The summed E-state index contributed by atoms with van der Waals surface area (Å²) in [6, 6.07) is 15.0. The van der Waals surface area contributed by atoms with Crippen LogP contribution in [-0.2, 0) is 16.0 Å². The van der Waals surface area contributed by atoms with E-state index >= 15 is 0 Å². The molecule has 0 saturated heterocycles. The fraction of sp³-hybridized carbons (Fsp3) is 0.346. The molecule has 0 bridgehead atoms. The zero-order valence-electron chi connectivity index (χ0n) is 18.6. The van der Waals surface area contributed by atoms with Crippen molar-refractivity contribution in [3.8, 4) is 0 Å². The molecule has 5 nitrogen and oxygen atoms in total. The fourth-order valence-electron chi connectivity index (χ4n) is 3.40. The number of thioether (sulfide) groups is 1. The molecule has 0 radical (unpaired) electrons. The number of carboxylic acid groups (broad SMARTS) is 2. The second kappa shape index (κ2) is 10.6. The van der Waals surface area contributed by atoms with Gasteiger partial charge in [0.05, 0.1) is 5.92 Å². The van der Waals surface area contributed by atoms with Gasteiger partial charge in [-0.1, -0.05) is 50.2 Å². The maximum atomic E-state index is 11.2. The number of hydrogen-bond acceptors (Lipinski definition) is 4. The Bertz CT molecular complexity index is 1110. The van der Waals surface area contributed by atoms with Crippen LogP contribution in [0.3, 0.4) is 0 Å². The maximum Gasteiger partial charge on any atom is 0.316 e. The molecule has 1 aliphatic rings. The Labute approximate surface area is 192 Å². The first kappa shape index (κ1) is 23.8. The van der Waals surface area contributed by atoms with Gasteiger partial charge in [-0.2, -0.15) is 0 Å². The Hall–Kier alpha value is -2.86. The molecule has 0 spiro atoms. The van der Waals surface area contributed by atoms with Crippen LogP contribution in [0.25, 0.3) is 10.8 Å². The molecule has 1 heterocycles. The number of carbonyl (C=O) groups is 2. The summed E-state index contributed by atoms with van der Waals surface area (Å²) in [5.41, 5.74) is 3.81. The van der Waals surface area contributed by atoms with Gasteiger partial charge in [0.2, 0.25) is 0 Å². The molecule has 168 valence electrons. The summed E-state index contributed by atoms with van der Waals surface area (Å²) < 4.78 is 0. The summed E-state index contributed by atoms with van der Waals surface area (Å²) in [5, 5.41) is 19.4. The van der Waals surface area contributed by atoms with Gasteiger partial charge in [0, 0.05) is 23.7 Å². The lowest BCUT2D eigenvalue weighted by molar-refractivity contribution is -0.140. The Kier molecular flexibility index (Phi) is 7.91. The molecule has 1 saturated carbocycles. The zero-order valence-corrected chi connectivity index (χ0v) is 19.4. The lowest BCUT2D eigenvalue weighted by atomic mass is 9.94. The van der Waals surface area contributed by atoms with E-state index in [0.29, 0.717) is 0 Å². The van der Waals surface area contributed by atoms with Crippen LogP contribution in [0.2, 0.25) is 0 Å². The predicted molar refractivity (Wildman–Crippen MR) is 128 cm³/mol. The lowest BCUT2D eigenvalue weighted by Crippen LogP contribution is -2.11. The van der Waals surface area contributed by atoms with Gasteiger partial charge in [-0.3, -0.25) is 14.6 Å². The summed E-state index contributed by atoms with van der Waals surface area (Å²) in [4.78, 5) is 26.2. The topological polar surface area (TPSA) is 87.5 Å². The normalized spacial score (nSPS) is 14.0. The molecule has 0 amide bonds. The number of benzene rings is 2. The molecular weight excluding hydrogens is 422 g/mol. The average molecular weight is 452 g/mol. The van der Waals surface area contributed by atoms with Crippen LogP contribution in [-0.4, -0.2) is 32.4 Å². The number of rotatable bonds is 7. The van der Waals surface area contributed by atoms with Crippen LogP contribution < -0.4 is 0 Å². The predicted octanol–water partition coefficient (Wildman–Crippen LogP) is 6.00. The van der Waals surface area contributed by atoms with Crippen LogP contribution in [0.5, 0.6) is 0 Å². The first-order chi connectivity index (χ1) is 15.3. The zero-order chi connectivity index (χ0) is 23.3. The van der Waals surface area contributed by atoms with Crippen molar-refractivity contribution in [2.45, 2.75) is 56.1 Å². The van der Waals surface area contributed by atoms with E-state index in [1.54, 1.807) is 27.0 Å². The van der Waals surface area contributed by atoms with E-state index in [4.69, 9.17) is 5.11 Å². The minimum Gasteiger partial charge on any atom is -0.481 e. The summed E-state index contributed by atoms with van der Waals surface area (Å²) in [6.07, 6.45) is 6.93. The number of pyridine rings is 1. The van der Waals surface area contributed by atoms with Crippen LogP contribution in [0, 0.1) is 5.92 Å². The molecule has 2 aromatic carbocycles. The quantitative estimate of drug-likeness (QED) is 0.429. The molecule has 4 rings (SSSR count). The molecule has 6 heteroatoms.